The highest BCUT2D eigenvalue weighted by molar-refractivity contribution is 14.1. The largest absolute Gasteiger partial charge is 0.269 e. The van der Waals surface area contributed by atoms with Gasteiger partial charge in [-0.2, -0.15) is 4.39 Å². The van der Waals surface area contributed by atoms with E-state index >= 15 is 0 Å². The lowest BCUT2D eigenvalue weighted by atomic mass is 10.3. The van der Waals surface area contributed by atoms with Gasteiger partial charge in [-0.15, -0.1) is 0 Å². The van der Waals surface area contributed by atoms with Crippen LogP contribution in [0.5, 0.6) is 0 Å². The molecule has 6 heteroatoms. The fourth-order valence-electron chi connectivity index (χ4n) is 0.661. The fraction of sp³-hybridized carbons (Fsp3) is 0.167. The maximum absolute atomic E-state index is 12.7. The van der Waals surface area contributed by atoms with Crippen molar-refractivity contribution in [3.05, 3.63) is 26.3 Å². The van der Waals surface area contributed by atoms with Gasteiger partial charge in [0, 0.05) is 0 Å². The molecule has 0 amide bonds. The van der Waals surface area contributed by atoms with Gasteiger partial charge in [0.05, 0.1) is 10.6 Å². The van der Waals surface area contributed by atoms with Gasteiger partial charge in [-0.25, -0.2) is 13.8 Å². The molecule has 0 aliphatic carbocycles. The van der Waals surface area contributed by atoms with Gasteiger partial charge >= 0.3 is 0 Å². The van der Waals surface area contributed by atoms with Crippen LogP contribution in [-0.4, -0.2) is 4.98 Å². The Morgan fingerprint density at radius 3 is 2.50 bits per heavy atom. The zero-order valence-corrected chi connectivity index (χ0v) is 8.41. The van der Waals surface area contributed by atoms with Crippen molar-refractivity contribution in [2.45, 2.75) is 6.43 Å². The van der Waals surface area contributed by atoms with Crippen molar-refractivity contribution in [3.63, 3.8) is 0 Å². The molecule has 1 aromatic heterocycles. The molecule has 0 saturated carbocycles. The van der Waals surface area contributed by atoms with Crippen LogP contribution in [-0.2, 0) is 0 Å². The first kappa shape index (κ1) is 10.0. The Kier molecular flexibility index (Phi) is 3.16. The van der Waals surface area contributed by atoms with Crippen LogP contribution in [0.2, 0.25) is 5.02 Å². The third-order valence-electron chi connectivity index (χ3n) is 1.15. The second kappa shape index (κ2) is 3.78. The maximum atomic E-state index is 12.7. The van der Waals surface area contributed by atoms with Crippen molar-refractivity contribution in [2.24, 2.45) is 0 Å². The monoisotopic (exact) mass is 307 g/mol. The molecule has 0 saturated heterocycles. The van der Waals surface area contributed by atoms with Crippen LogP contribution in [0.4, 0.5) is 13.2 Å². The molecule has 0 N–H and O–H groups in total. The zero-order valence-electron chi connectivity index (χ0n) is 5.49. The highest BCUT2D eigenvalue weighted by Gasteiger charge is 2.19. The number of nitrogens with zero attached hydrogens (tertiary/aromatic N) is 1. The van der Waals surface area contributed by atoms with Crippen LogP contribution in [0.3, 0.4) is 0 Å². The second-order valence-electron chi connectivity index (χ2n) is 1.93. The van der Waals surface area contributed by atoms with Gasteiger partial charge in [0.15, 0.2) is 0 Å². The van der Waals surface area contributed by atoms with Crippen LogP contribution in [0.1, 0.15) is 12.0 Å². The minimum absolute atomic E-state index is 0.250. The first-order chi connectivity index (χ1) is 5.52. The lowest BCUT2D eigenvalue weighted by Gasteiger charge is -2.03. The van der Waals surface area contributed by atoms with E-state index in [4.69, 9.17) is 11.6 Å². The summed E-state index contributed by atoms with van der Waals surface area (Å²) >= 11 is 7.06. The van der Waals surface area contributed by atoms with Gasteiger partial charge in [0.2, 0.25) is 5.95 Å². The molecule has 0 atom stereocenters. The number of pyridine rings is 1. The van der Waals surface area contributed by atoms with Crippen molar-refractivity contribution in [1.29, 1.82) is 0 Å². The Bertz CT molecular complexity index is 282. The summed E-state index contributed by atoms with van der Waals surface area (Å²) in [6, 6.07) is 1.19. The quantitative estimate of drug-likeness (QED) is 0.572. The smallest absolute Gasteiger partial charge is 0.213 e. The summed E-state index contributed by atoms with van der Waals surface area (Å²) in [6.45, 7) is 0. The Morgan fingerprint density at radius 2 is 2.08 bits per heavy atom. The van der Waals surface area contributed by atoms with E-state index in [0.717, 1.165) is 0 Å². The summed E-state index contributed by atoms with van der Waals surface area (Å²) < 4.78 is 37.0. The number of aromatic nitrogens is 1. The van der Waals surface area contributed by atoms with E-state index in [0.29, 0.717) is 0 Å². The molecule has 0 spiro atoms. The van der Waals surface area contributed by atoms with Gasteiger partial charge in [-0.3, -0.25) is 0 Å². The van der Waals surface area contributed by atoms with E-state index in [1.165, 1.54) is 6.07 Å². The first-order valence-corrected chi connectivity index (χ1v) is 4.27. The maximum Gasteiger partial charge on any atom is 0.269 e. The molecule has 0 aromatic carbocycles. The normalized spacial score (nSPS) is 10.8. The van der Waals surface area contributed by atoms with E-state index < -0.39 is 17.9 Å². The molecule has 12 heavy (non-hydrogen) atoms. The lowest BCUT2D eigenvalue weighted by Crippen LogP contribution is -1.97. The summed E-state index contributed by atoms with van der Waals surface area (Å²) in [5.74, 6) is -1.21. The molecule has 1 rings (SSSR count). The molecule has 0 unspecified atom stereocenters. The van der Waals surface area contributed by atoms with Crippen molar-refractivity contribution in [1.82, 2.24) is 4.98 Å². The third-order valence-corrected chi connectivity index (χ3v) is 2.01. The van der Waals surface area contributed by atoms with E-state index in [1.807, 2.05) is 0 Å². The summed E-state index contributed by atoms with van der Waals surface area (Å²) in [5.41, 5.74) is -0.836. The summed E-state index contributed by atoms with van der Waals surface area (Å²) in [7, 11) is 0. The zero-order chi connectivity index (χ0) is 9.30. The Labute approximate surface area is 85.1 Å². The van der Waals surface area contributed by atoms with E-state index in [9.17, 15) is 13.2 Å². The van der Waals surface area contributed by atoms with Crippen molar-refractivity contribution < 1.29 is 13.2 Å². The van der Waals surface area contributed by atoms with E-state index in [2.05, 4.69) is 4.98 Å². The Hall–Kier alpha value is -0.0400. The Balaban J connectivity index is 3.28. The molecule has 0 aliphatic rings. The number of alkyl halides is 2. The summed E-state index contributed by atoms with van der Waals surface area (Å²) in [5, 5.41) is -0.290. The average Bonchev–Trinajstić information content (AvgIpc) is 1.82. The highest BCUT2D eigenvalue weighted by Crippen LogP contribution is 2.29. The number of hydrogen-bond donors (Lipinski definition) is 0. The minimum atomic E-state index is -2.93. The van der Waals surface area contributed by atoms with E-state index in [-0.39, 0.29) is 8.72 Å². The topological polar surface area (TPSA) is 12.9 Å². The number of hydrogen-bond acceptors (Lipinski definition) is 1. The minimum Gasteiger partial charge on any atom is -0.213 e. The van der Waals surface area contributed by atoms with Crippen LogP contribution in [0.15, 0.2) is 6.07 Å². The number of halogens is 5. The van der Waals surface area contributed by atoms with Crippen molar-refractivity contribution >= 4 is 34.2 Å². The lowest BCUT2D eigenvalue weighted by molar-refractivity contribution is 0.145. The van der Waals surface area contributed by atoms with Gasteiger partial charge in [0.1, 0.15) is 3.70 Å². The summed E-state index contributed by atoms with van der Waals surface area (Å²) in [4.78, 5) is 3.21. The molecular weight excluding hydrogens is 305 g/mol. The third kappa shape index (κ3) is 2.01. The fourth-order valence-corrected chi connectivity index (χ4v) is 1.63. The second-order valence-corrected chi connectivity index (χ2v) is 3.44. The molecule has 1 heterocycles. The van der Waals surface area contributed by atoms with E-state index in [1.54, 1.807) is 22.6 Å². The van der Waals surface area contributed by atoms with Crippen LogP contribution >= 0.6 is 34.2 Å². The molecule has 1 nitrogen and oxygen atoms in total. The molecular formula is C6H2ClF3IN. The highest BCUT2D eigenvalue weighted by atomic mass is 127. The molecule has 0 radical (unpaired) electrons. The van der Waals surface area contributed by atoms with Crippen molar-refractivity contribution in [2.75, 3.05) is 0 Å². The van der Waals surface area contributed by atoms with Crippen LogP contribution in [0.25, 0.3) is 0 Å². The predicted molar refractivity (Wildman–Crippen MR) is 46.9 cm³/mol. The first-order valence-electron chi connectivity index (χ1n) is 2.82. The van der Waals surface area contributed by atoms with Gasteiger partial charge < -0.3 is 0 Å². The molecule has 0 bridgehead atoms. The molecule has 1 aromatic rings. The molecule has 66 valence electrons. The van der Waals surface area contributed by atoms with Crippen LogP contribution < -0.4 is 0 Å². The SMILES string of the molecule is Fc1nc(I)cc(Cl)c1C(F)F. The Morgan fingerprint density at radius 1 is 1.50 bits per heavy atom. The molecule has 0 aliphatic heterocycles. The average molecular weight is 307 g/mol. The summed E-state index contributed by atoms with van der Waals surface area (Å²) in [6.07, 6.45) is -2.93. The van der Waals surface area contributed by atoms with Gasteiger partial charge in [0.25, 0.3) is 6.43 Å². The molecule has 0 fully saturated rings. The standard InChI is InChI=1S/C6H2ClF3IN/c7-2-1-3(11)12-6(10)4(2)5(8)9/h1,5H. The number of rotatable bonds is 1. The van der Waals surface area contributed by atoms with Gasteiger partial charge in [-0.05, 0) is 28.7 Å². The van der Waals surface area contributed by atoms with Gasteiger partial charge in [-0.1, -0.05) is 11.6 Å². The van der Waals surface area contributed by atoms with Crippen molar-refractivity contribution in [3.8, 4) is 0 Å². The predicted octanol–water partition coefficient (Wildman–Crippen LogP) is 3.42. The van der Waals surface area contributed by atoms with Crippen LogP contribution in [0, 0.1) is 9.65 Å².